The van der Waals surface area contributed by atoms with Gasteiger partial charge in [-0.25, -0.2) is 0 Å². The van der Waals surface area contributed by atoms with Crippen LogP contribution in [0.2, 0.25) is 0 Å². The quantitative estimate of drug-likeness (QED) is 0.430. The molecule has 0 heteroatoms. The summed E-state index contributed by atoms with van der Waals surface area (Å²) in [5.41, 5.74) is 7.24. The average Bonchev–Trinajstić information content (AvgIpc) is 2.50. The molecule has 25 heavy (non-hydrogen) atoms. The molecule has 0 bridgehead atoms. The molecule has 0 saturated carbocycles. The van der Waals surface area contributed by atoms with Gasteiger partial charge in [0.25, 0.3) is 0 Å². The van der Waals surface area contributed by atoms with E-state index in [2.05, 4.69) is 103 Å². The van der Waals surface area contributed by atoms with Crippen molar-refractivity contribution in [2.24, 2.45) is 5.41 Å². The molecule has 0 amide bonds. The first-order valence-electron chi connectivity index (χ1n) is 9.44. The van der Waals surface area contributed by atoms with Gasteiger partial charge in [-0.3, -0.25) is 0 Å². The molecule has 0 aromatic heterocycles. The van der Waals surface area contributed by atoms with E-state index in [0.29, 0.717) is 5.41 Å². The Morgan fingerprint density at radius 2 is 1.44 bits per heavy atom. The van der Waals surface area contributed by atoms with Gasteiger partial charge in [-0.05, 0) is 64.9 Å². The molecular formula is C25H36. The third-order valence-electron chi connectivity index (χ3n) is 4.67. The Balaban J connectivity index is 2.71. The van der Waals surface area contributed by atoms with E-state index in [-0.39, 0.29) is 0 Å². The van der Waals surface area contributed by atoms with E-state index in [1.54, 1.807) is 5.57 Å². The second kappa shape index (κ2) is 10.2. The van der Waals surface area contributed by atoms with Crippen LogP contribution in [0.25, 0.3) is 0 Å². The Kier molecular flexibility index (Phi) is 8.69. The first-order valence-corrected chi connectivity index (χ1v) is 9.44. The molecule has 0 atom stereocenters. The van der Waals surface area contributed by atoms with Crippen molar-refractivity contribution in [3.63, 3.8) is 0 Å². The number of hydrogen-bond donors (Lipinski definition) is 0. The maximum atomic E-state index is 2.37. The first kappa shape index (κ1) is 21.2. The molecule has 0 fully saturated rings. The highest BCUT2D eigenvalue weighted by molar-refractivity contribution is 5.37. The standard InChI is InChI=1S/C25H36/c1-20(2)12-8-9-13-21(3)14-10-15-22(4)17-18-24-23(5)16-11-19-25(24,6)7/h8-10,12-15,17-18H,11,16,19H2,1-7H3/b9-8+,14-10?,18-17+,21-13+,22-15?. The van der Waals surface area contributed by atoms with Gasteiger partial charge in [-0.15, -0.1) is 0 Å². The average molecular weight is 337 g/mol. The van der Waals surface area contributed by atoms with Crippen molar-refractivity contribution in [2.75, 3.05) is 0 Å². The predicted molar refractivity (Wildman–Crippen MR) is 115 cm³/mol. The highest BCUT2D eigenvalue weighted by Crippen LogP contribution is 2.40. The lowest BCUT2D eigenvalue weighted by Gasteiger charge is -2.32. The predicted octanol–water partition coefficient (Wildman–Crippen LogP) is 8.04. The summed E-state index contributed by atoms with van der Waals surface area (Å²) in [6.07, 6.45) is 23.3. The lowest BCUT2D eigenvalue weighted by atomic mass is 9.72. The van der Waals surface area contributed by atoms with Crippen LogP contribution in [0, 0.1) is 5.41 Å². The minimum absolute atomic E-state index is 0.311. The Labute approximate surface area is 156 Å². The zero-order valence-electron chi connectivity index (χ0n) is 17.3. The van der Waals surface area contributed by atoms with Gasteiger partial charge >= 0.3 is 0 Å². The van der Waals surface area contributed by atoms with E-state index < -0.39 is 0 Å². The van der Waals surface area contributed by atoms with Gasteiger partial charge in [-0.1, -0.05) is 90.8 Å². The minimum Gasteiger partial charge on any atom is -0.0764 e. The van der Waals surface area contributed by atoms with Crippen molar-refractivity contribution < 1.29 is 0 Å². The van der Waals surface area contributed by atoms with Crippen molar-refractivity contribution in [1.82, 2.24) is 0 Å². The van der Waals surface area contributed by atoms with Crippen LogP contribution in [0.4, 0.5) is 0 Å². The van der Waals surface area contributed by atoms with Gasteiger partial charge in [0.1, 0.15) is 0 Å². The second-order valence-electron chi connectivity index (χ2n) is 8.07. The van der Waals surface area contributed by atoms with Gasteiger partial charge in [0.15, 0.2) is 0 Å². The Hall–Kier alpha value is -1.82. The zero-order valence-corrected chi connectivity index (χ0v) is 17.3. The van der Waals surface area contributed by atoms with E-state index >= 15 is 0 Å². The van der Waals surface area contributed by atoms with Crippen LogP contribution in [0.15, 0.2) is 82.5 Å². The molecule has 0 aliphatic heterocycles. The largest absolute Gasteiger partial charge is 0.0764 e. The maximum absolute atomic E-state index is 2.37. The number of rotatable bonds is 6. The SMILES string of the molecule is CC(C)=C/C=C/C=C(\C)C=CC=C(C)/C=C/C1=C(C)CCCC1(C)C. The highest BCUT2D eigenvalue weighted by atomic mass is 14.3. The molecule has 0 saturated heterocycles. The Morgan fingerprint density at radius 3 is 2.08 bits per heavy atom. The summed E-state index contributed by atoms with van der Waals surface area (Å²) in [5, 5.41) is 0. The molecular weight excluding hydrogens is 300 g/mol. The topological polar surface area (TPSA) is 0 Å². The Bertz CT molecular complexity index is 648. The summed E-state index contributed by atoms with van der Waals surface area (Å²) < 4.78 is 0. The van der Waals surface area contributed by atoms with Crippen molar-refractivity contribution in [3.05, 3.63) is 82.5 Å². The summed E-state index contributed by atoms with van der Waals surface area (Å²) >= 11 is 0. The molecule has 0 nitrogen and oxygen atoms in total. The lowest BCUT2D eigenvalue weighted by molar-refractivity contribution is 0.377. The fourth-order valence-corrected chi connectivity index (χ4v) is 3.14. The maximum Gasteiger partial charge on any atom is -0.0104 e. The van der Waals surface area contributed by atoms with Crippen molar-refractivity contribution in [3.8, 4) is 0 Å². The Morgan fingerprint density at radius 1 is 0.840 bits per heavy atom. The lowest BCUT2D eigenvalue weighted by Crippen LogP contribution is -2.19. The molecule has 0 spiro atoms. The molecule has 1 aliphatic rings. The molecule has 0 heterocycles. The van der Waals surface area contributed by atoms with E-state index in [4.69, 9.17) is 0 Å². The fraction of sp³-hybridized carbons (Fsp3) is 0.440. The van der Waals surface area contributed by atoms with Gasteiger partial charge in [-0.2, -0.15) is 0 Å². The van der Waals surface area contributed by atoms with Crippen molar-refractivity contribution >= 4 is 0 Å². The summed E-state index contributed by atoms with van der Waals surface area (Å²) in [6, 6.07) is 0. The normalized spacial score (nSPS) is 19.5. The van der Waals surface area contributed by atoms with Crippen molar-refractivity contribution in [1.29, 1.82) is 0 Å². The molecule has 0 unspecified atom stereocenters. The first-order chi connectivity index (χ1) is 11.7. The summed E-state index contributed by atoms with van der Waals surface area (Å²) in [6.45, 7) is 15.5. The molecule has 1 aliphatic carbocycles. The van der Waals surface area contributed by atoms with E-state index in [1.165, 1.54) is 41.6 Å². The van der Waals surface area contributed by atoms with Gasteiger partial charge < -0.3 is 0 Å². The minimum atomic E-state index is 0.311. The third-order valence-corrected chi connectivity index (χ3v) is 4.67. The third kappa shape index (κ3) is 8.20. The van der Waals surface area contributed by atoms with Crippen LogP contribution in [0.1, 0.15) is 67.7 Å². The van der Waals surface area contributed by atoms with Crippen LogP contribution in [-0.2, 0) is 0 Å². The van der Waals surface area contributed by atoms with Crippen LogP contribution in [0.3, 0.4) is 0 Å². The molecule has 1 rings (SSSR count). The van der Waals surface area contributed by atoms with Crippen LogP contribution >= 0.6 is 0 Å². The molecule has 0 aromatic carbocycles. The zero-order chi connectivity index (χ0) is 18.9. The van der Waals surface area contributed by atoms with Crippen LogP contribution < -0.4 is 0 Å². The van der Waals surface area contributed by atoms with Crippen molar-refractivity contribution in [2.45, 2.75) is 67.7 Å². The molecule has 136 valence electrons. The molecule has 0 aromatic rings. The summed E-state index contributed by atoms with van der Waals surface area (Å²) in [4.78, 5) is 0. The molecule has 0 N–H and O–H groups in total. The second-order valence-corrected chi connectivity index (χ2v) is 8.07. The summed E-state index contributed by atoms with van der Waals surface area (Å²) in [5.74, 6) is 0. The monoisotopic (exact) mass is 336 g/mol. The van der Waals surface area contributed by atoms with Crippen LogP contribution in [0.5, 0.6) is 0 Å². The van der Waals surface area contributed by atoms with Gasteiger partial charge in [0.05, 0.1) is 0 Å². The summed E-state index contributed by atoms with van der Waals surface area (Å²) in [7, 11) is 0. The number of hydrogen-bond acceptors (Lipinski definition) is 0. The van der Waals surface area contributed by atoms with E-state index in [1.807, 2.05) is 0 Å². The van der Waals surface area contributed by atoms with Gasteiger partial charge in [0, 0.05) is 0 Å². The number of allylic oxidation sites excluding steroid dienone is 14. The highest BCUT2D eigenvalue weighted by Gasteiger charge is 2.26. The smallest absolute Gasteiger partial charge is 0.0104 e. The van der Waals surface area contributed by atoms with E-state index in [9.17, 15) is 0 Å². The van der Waals surface area contributed by atoms with Gasteiger partial charge in [0.2, 0.25) is 0 Å². The fourth-order valence-electron chi connectivity index (χ4n) is 3.14. The van der Waals surface area contributed by atoms with E-state index in [0.717, 1.165) is 0 Å². The van der Waals surface area contributed by atoms with Crippen LogP contribution in [-0.4, -0.2) is 0 Å². The molecule has 0 radical (unpaired) electrons.